The average molecular weight is 342 g/mol. The van der Waals surface area contributed by atoms with E-state index in [1.807, 2.05) is 25.1 Å². The van der Waals surface area contributed by atoms with E-state index >= 15 is 0 Å². The van der Waals surface area contributed by atoms with E-state index in [1.165, 1.54) is 12.3 Å². The van der Waals surface area contributed by atoms with Crippen LogP contribution in [-0.4, -0.2) is 16.1 Å². The largest absolute Gasteiger partial charge is 0.478 e. The van der Waals surface area contributed by atoms with E-state index in [2.05, 4.69) is 26.2 Å². The van der Waals surface area contributed by atoms with Crippen molar-refractivity contribution in [2.75, 3.05) is 5.32 Å². The van der Waals surface area contributed by atoms with Crippen molar-refractivity contribution < 1.29 is 9.90 Å². The maximum Gasteiger partial charge on any atom is 0.337 e. The fraction of sp³-hybridized carbons (Fsp3) is 0.0769. The van der Waals surface area contributed by atoms with Crippen LogP contribution in [0.25, 0.3) is 0 Å². The van der Waals surface area contributed by atoms with Gasteiger partial charge < -0.3 is 10.4 Å². The Hall–Kier alpha value is -1.59. The summed E-state index contributed by atoms with van der Waals surface area (Å²) in [4.78, 5) is 14.8. The number of anilines is 2. The van der Waals surface area contributed by atoms with Crippen LogP contribution in [0.3, 0.4) is 0 Å². The van der Waals surface area contributed by atoms with Crippen molar-refractivity contribution in [3.63, 3.8) is 0 Å². The number of carbonyl (C=O) groups is 1. The molecule has 6 heteroatoms. The lowest BCUT2D eigenvalue weighted by atomic mass is 10.2. The van der Waals surface area contributed by atoms with Gasteiger partial charge in [-0.3, -0.25) is 0 Å². The van der Waals surface area contributed by atoms with E-state index in [0.29, 0.717) is 5.82 Å². The molecular weight excluding hydrogens is 332 g/mol. The number of carboxylic acid groups (broad SMARTS) is 1. The molecule has 2 N–H and O–H groups in total. The fourth-order valence-electron chi connectivity index (χ4n) is 1.52. The van der Waals surface area contributed by atoms with Gasteiger partial charge in [0, 0.05) is 10.7 Å². The van der Waals surface area contributed by atoms with Crippen molar-refractivity contribution in [1.82, 2.24) is 4.98 Å². The third-order valence-electron chi connectivity index (χ3n) is 2.53. The summed E-state index contributed by atoms with van der Waals surface area (Å²) in [6, 6.07) is 7.11. The zero-order valence-corrected chi connectivity index (χ0v) is 12.3. The van der Waals surface area contributed by atoms with Crippen molar-refractivity contribution >= 4 is 45.0 Å². The molecule has 0 unspecified atom stereocenters. The van der Waals surface area contributed by atoms with Crippen molar-refractivity contribution in [2.45, 2.75) is 6.92 Å². The molecule has 0 saturated carbocycles. The summed E-state index contributed by atoms with van der Waals surface area (Å²) in [7, 11) is 0. The van der Waals surface area contributed by atoms with E-state index in [9.17, 15) is 4.79 Å². The fourth-order valence-corrected chi connectivity index (χ4v) is 2.10. The van der Waals surface area contributed by atoms with Crippen LogP contribution in [0.4, 0.5) is 11.5 Å². The highest BCUT2D eigenvalue weighted by atomic mass is 79.9. The topological polar surface area (TPSA) is 62.2 Å². The number of aromatic nitrogens is 1. The van der Waals surface area contributed by atoms with Gasteiger partial charge in [-0.15, -0.1) is 0 Å². The van der Waals surface area contributed by atoms with Crippen molar-refractivity contribution in [2.24, 2.45) is 0 Å². The van der Waals surface area contributed by atoms with Crippen LogP contribution in [0.1, 0.15) is 15.9 Å². The second-order valence-electron chi connectivity index (χ2n) is 3.92. The van der Waals surface area contributed by atoms with Crippen LogP contribution in [0.5, 0.6) is 0 Å². The molecule has 19 heavy (non-hydrogen) atoms. The van der Waals surface area contributed by atoms with Gasteiger partial charge in [-0.2, -0.15) is 0 Å². The first-order valence-corrected chi connectivity index (χ1v) is 6.57. The van der Waals surface area contributed by atoms with Gasteiger partial charge in [0.2, 0.25) is 0 Å². The van der Waals surface area contributed by atoms with Crippen LogP contribution in [-0.2, 0) is 0 Å². The van der Waals surface area contributed by atoms with E-state index in [0.717, 1.165) is 15.7 Å². The number of aryl methyl sites for hydroxylation is 1. The number of nitrogens with one attached hydrogen (secondary N) is 1. The van der Waals surface area contributed by atoms with Gasteiger partial charge in [0.25, 0.3) is 0 Å². The minimum absolute atomic E-state index is 0.0545. The minimum atomic E-state index is -1.06. The molecule has 2 aromatic rings. The molecule has 0 aliphatic rings. The SMILES string of the molecule is Cc1cccc(Nc2ncc(C(=O)O)cc2Cl)c1Br. The molecule has 0 amide bonds. The molecule has 0 saturated heterocycles. The number of aromatic carboxylic acids is 1. The van der Waals surface area contributed by atoms with Crippen molar-refractivity contribution in [3.05, 3.63) is 51.1 Å². The van der Waals surface area contributed by atoms with Crippen LogP contribution in [0, 0.1) is 6.92 Å². The maximum atomic E-state index is 10.8. The van der Waals surface area contributed by atoms with Crippen molar-refractivity contribution in [3.8, 4) is 0 Å². The molecule has 1 heterocycles. The van der Waals surface area contributed by atoms with Gasteiger partial charge in [0.05, 0.1) is 16.3 Å². The van der Waals surface area contributed by atoms with Crippen LogP contribution < -0.4 is 5.32 Å². The molecule has 0 aliphatic heterocycles. The average Bonchev–Trinajstić information content (AvgIpc) is 2.37. The lowest BCUT2D eigenvalue weighted by Gasteiger charge is -2.11. The first-order chi connectivity index (χ1) is 8.99. The first-order valence-electron chi connectivity index (χ1n) is 5.40. The molecule has 4 nitrogen and oxygen atoms in total. The number of rotatable bonds is 3. The molecule has 2 rings (SSSR count). The Bertz CT molecular complexity index is 647. The second-order valence-corrected chi connectivity index (χ2v) is 5.12. The number of hydrogen-bond donors (Lipinski definition) is 2. The van der Waals surface area contributed by atoms with E-state index in [-0.39, 0.29) is 10.6 Å². The zero-order valence-electron chi connectivity index (χ0n) is 9.95. The third kappa shape index (κ3) is 3.05. The van der Waals surface area contributed by atoms with Gasteiger partial charge in [-0.05, 0) is 40.5 Å². The Labute approximate surface area is 123 Å². The monoisotopic (exact) mass is 340 g/mol. The summed E-state index contributed by atoms with van der Waals surface area (Å²) >= 11 is 9.48. The Kier molecular flexibility index (Phi) is 4.07. The van der Waals surface area contributed by atoms with Gasteiger partial charge in [0.15, 0.2) is 0 Å². The zero-order chi connectivity index (χ0) is 14.0. The normalized spacial score (nSPS) is 10.3. The van der Waals surface area contributed by atoms with Crippen LogP contribution in [0.15, 0.2) is 34.9 Å². The Morgan fingerprint density at radius 2 is 2.21 bits per heavy atom. The third-order valence-corrected chi connectivity index (χ3v) is 3.87. The quantitative estimate of drug-likeness (QED) is 0.876. The summed E-state index contributed by atoms with van der Waals surface area (Å²) in [6.45, 7) is 1.97. The molecule has 0 aliphatic carbocycles. The van der Waals surface area contributed by atoms with E-state index < -0.39 is 5.97 Å². The number of carboxylic acids is 1. The minimum Gasteiger partial charge on any atom is -0.478 e. The van der Waals surface area contributed by atoms with Gasteiger partial charge >= 0.3 is 5.97 Å². The maximum absolute atomic E-state index is 10.8. The molecule has 0 bridgehead atoms. The second kappa shape index (κ2) is 5.59. The van der Waals surface area contributed by atoms with Crippen LogP contribution >= 0.6 is 27.5 Å². The summed E-state index contributed by atoms with van der Waals surface area (Å²) in [5, 5.41) is 12.2. The predicted molar refractivity (Wildman–Crippen MR) is 78.4 cm³/mol. The highest BCUT2D eigenvalue weighted by Gasteiger charge is 2.10. The lowest BCUT2D eigenvalue weighted by molar-refractivity contribution is 0.0696. The highest BCUT2D eigenvalue weighted by molar-refractivity contribution is 9.10. The Morgan fingerprint density at radius 1 is 1.47 bits per heavy atom. The predicted octanol–water partition coefficient (Wildman–Crippen LogP) is 4.25. The van der Waals surface area contributed by atoms with E-state index in [4.69, 9.17) is 16.7 Å². The molecule has 0 atom stereocenters. The molecule has 0 spiro atoms. The number of hydrogen-bond acceptors (Lipinski definition) is 3. The summed E-state index contributed by atoms with van der Waals surface area (Å²) < 4.78 is 0.912. The summed E-state index contributed by atoms with van der Waals surface area (Å²) in [5.74, 6) is -0.643. The first kappa shape index (κ1) is 13.8. The van der Waals surface area contributed by atoms with Crippen LogP contribution in [0.2, 0.25) is 5.02 Å². The lowest BCUT2D eigenvalue weighted by Crippen LogP contribution is -2.01. The molecular formula is C13H10BrClN2O2. The molecule has 1 aromatic heterocycles. The summed E-state index contributed by atoms with van der Waals surface area (Å²) in [5.41, 5.74) is 1.94. The van der Waals surface area contributed by atoms with Crippen molar-refractivity contribution in [1.29, 1.82) is 0 Å². The molecule has 0 fully saturated rings. The number of nitrogens with zero attached hydrogens (tertiary/aromatic N) is 1. The molecule has 1 aromatic carbocycles. The molecule has 98 valence electrons. The van der Waals surface area contributed by atoms with Gasteiger partial charge in [0.1, 0.15) is 5.82 Å². The standard InChI is InChI=1S/C13H10BrClN2O2/c1-7-3-2-4-10(11(7)14)17-12-9(15)5-8(6-16-12)13(18)19/h2-6H,1H3,(H,16,17)(H,18,19). The van der Waals surface area contributed by atoms with Gasteiger partial charge in [-0.25, -0.2) is 9.78 Å². The Balaban J connectivity index is 2.34. The smallest absolute Gasteiger partial charge is 0.337 e. The number of halogens is 2. The highest BCUT2D eigenvalue weighted by Crippen LogP contribution is 2.30. The summed E-state index contributed by atoms with van der Waals surface area (Å²) in [6.07, 6.45) is 1.26. The number of pyridine rings is 1. The number of benzene rings is 1. The molecule has 0 radical (unpaired) electrons. The van der Waals surface area contributed by atoms with E-state index in [1.54, 1.807) is 0 Å². The van der Waals surface area contributed by atoms with Gasteiger partial charge in [-0.1, -0.05) is 23.7 Å². The Morgan fingerprint density at radius 3 is 2.84 bits per heavy atom.